The summed E-state index contributed by atoms with van der Waals surface area (Å²) in [5, 5.41) is 0. The van der Waals surface area contributed by atoms with Crippen molar-refractivity contribution < 1.29 is 9.53 Å². The molecule has 3 atom stereocenters. The Morgan fingerprint density at radius 1 is 1.44 bits per heavy atom. The van der Waals surface area contributed by atoms with Crippen LogP contribution in [0.2, 0.25) is 0 Å². The van der Waals surface area contributed by atoms with E-state index in [2.05, 4.69) is 39.5 Å². The molecule has 0 spiro atoms. The van der Waals surface area contributed by atoms with E-state index in [0.717, 1.165) is 6.42 Å². The summed E-state index contributed by atoms with van der Waals surface area (Å²) in [6, 6.07) is 0. The molecular formula is C14H20O2. The van der Waals surface area contributed by atoms with Crippen LogP contribution in [-0.4, -0.2) is 11.6 Å². The van der Waals surface area contributed by atoms with Crippen LogP contribution in [0.5, 0.6) is 0 Å². The Kier molecular flexibility index (Phi) is 2.14. The van der Waals surface area contributed by atoms with Crippen LogP contribution in [0.4, 0.5) is 0 Å². The van der Waals surface area contributed by atoms with Crippen LogP contribution in [0.3, 0.4) is 0 Å². The van der Waals surface area contributed by atoms with Gasteiger partial charge in [0.2, 0.25) is 0 Å². The number of fused-ring (bicyclic) bond motifs is 2. The zero-order valence-corrected chi connectivity index (χ0v) is 10.5. The van der Waals surface area contributed by atoms with E-state index in [0.29, 0.717) is 5.92 Å². The molecule has 16 heavy (non-hydrogen) atoms. The van der Waals surface area contributed by atoms with Gasteiger partial charge in [-0.05, 0) is 24.7 Å². The molecule has 0 radical (unpaired) electrons. The van der Waals surface area contributed by atoms with E-state index < -0.39 is 5.60 Å². The van der Waals surface area contributed by atoms with Crippen molar-refractivity contribution in [3.05, 3.63) is 24.8 Å². The Balaban J connectivity index is 2.36. The lowest BCUT2D eigenvalue weighted by atomic mass is 9.65. The molecule has 88 valence electrons. The lowest BCUT2D eigenvalue weighted by Crippen LogP contribution is -2.47. The predicted molar refractivity (Wildman–Crippen MR) is 63.8 cm³/mol. The van der Waals surface area contributed by atoms with Gasteiger partial charge >= 0.3 is 5.97 Å². The van der Waals surface area contributed by atoms with E-state index in [1.807, 2.05) is 6.92 Å². The number of esters is 1. The zero-order chi connectivity index (χ0) is 12.2. The molecule has 0 aromatic rings. The molecule has 0 aromatic heterocycles. The van der Waals surface area contributed by atoms with E-state index in [9.17, 15) is 4.79 Å². The zero-order valence-electron chi connectivity index (χ0n) is 10.5. The highest BCUT2D eigenvalue weighted by Gasteiger charge is 2.66. The first-order chi connectivity index (χ1) is 7.27. The second-order valence-corrected chi connectivity index (χ2v) is 5.95. The second kappa shape index (κ2) is 2.99. The fourth-order valence-corrected chi connectivity index (χ4v) is 3.37. The summed E-state index contributed by atoms with van der Waals surface area (Å²) in [7, 11) is 0. The molecule has 2 aliphatic rings. The molecule has 1 saturated carbocycles. The summed E-state index contributed by atoms with van der Waals surface area (Å²) in [5.41, 5.74) is -0.326. The molecule has 2 nitrogen and oxygen atoms in total. The highest BCUT2D eigenvalue weighted by molar-refractivity contribution is 5.81. The molecule has 0 saturated heterocycles. The van der Waals surface area contributed by atoms with Gasteiger partial charge in [-0.1, -0.05) is 39.5 Å². The molecular weight excluding hydrogens is 200 g/mol. The Morgan fingerprint density at radius 2 is 2.06 bits per heavy atom. The van der Waals surface area contributed by atoms with Crippen LogP contribution in [0.15, 0.2) is 24.8 Å². The molecule has 0 aromatic carbocycles. The second-order valence-electron chi connectivity index (χ2n) is 5.95. The molecule has 2 aliphatic carbocycles. The summed E-state index contributed by atoms with van der Waals surface area (Å²) in [4.78, 5) is 11.4. The normalized spacial score (nSPS) is 43.4. The van der Waals surface area contributed by atoms with Crippen molar-refractivity contribution in [3.63, 3.8) is 0 Å². The molecule has 3 unspecified atom stereocenters. The van der Waals surface area contributed by atoms with Crippen molar-refractivity contribution in [2.75, 3.05) is 0 Å². The third-order valence-corrected chi connectivity index (χ3v) is 5.13. The van der Waals surface area contributed by atoms with Crippen molar-refractivity contribution in [2.24, 2.45) is 16.7 Å². The van der Waals surface area contributed by atoms with Gasteiger partial charge in [0.25, 0.3) is 0 Å². The van der Waals surface area contributed by atoms with E-state index in [4.69, 9.17) is 4.74 Å². The topological polar surface area (TPSA) is 26.3 Å². The lowest BCUT2D eigenvalue weighted by Gasteiger charge is -2.44. The Bertz CT molecular complexity index is 380. The third-order valence-electron chi connectivity index (χ3n) is 5.13. The molecule has 2 heteroatoms. The average Bonchev–Trinajstić information content (AvgIpc) is 2.49. The van der Waals surface area contributed by atoms with Crippen molar-refractivity contribution in [1.82, 2.24) is 0 Å². The summed E-state index contributed by atoms with van der Waals surface area (Å²) in [5.74, 6) is 0.181. The number of carbonyl (C=O) groups excluding carboxylic acids is 1. The predicted octanol–water partition coefficient (Wildman–Crippen LogP) is 3.10. The molecule has 2 rings (SSSR count). The first-order valence-corrected chi connectivity index (χ1v) is 5.82. The summed E-state index contributed by atoms with van der Waals surface area (Å²) < 4.78 is 5.61. The average molecular weight is 220 g/mol. The van der Waals surface area contributed by atoms with Crippen LogP contribution in [0, 0.1) is 16.7 Å². The van der Waals surface area contributed by atoms with E-state index >= 15 is 0 Å². The van der Waals surface area contributed by atoms with Gasteiger partial charge in [-0.3, -0.25) is 0 Å². The summed E-state index contributed by atoms with van der Waals surface area (Å²) in [6.07, 6.45) is 6.64. The van der Waals surface area contributed by atoms with E-state index in [1.54, 1.807) is 0 Å². The monoisotopic (exact) mass is 220 g/mol. The minimum atomic E-state index is -0.402. The first-order valence-electron chi connectivity index (χ1n) is 5.82. The molecule has 0 aliphatic heterocycles. The molecule has 0 heterocycles. The highest BCUT2D eigenvalue weighted by atomic mass is 16.6. The van der Waals surface area contributed by atoms with Crippen LogP contribution in [-0.2, 0) is 9.53 Å². The Labute approximate surface area is 97.4 Å². The van der Waals surface area contributed by atoms with Gasteiger partial charge in [0.15, 0.2) is 0 Å². The Hall–Kier alpha value is -1.05. The maximum absolute atomic E-state index is 11.4. The lowest BCUT2D eigenvalue weighted by molar-refractivity contribution is -0.162. The Morgan fingerprint density at radius 3 is 2.44 bits per heavy atom. The van der Waals surface area contributed by atoms with Gasteiger partial charge in [-0.2, -0.15) is 0 Å². The quantitative estimate of drug-likeness (QED) is 0.406. The largest absolute Gasteiger partial charge is 0.455 e. The van der Waals surface area contributed by atoms with Gasteiger partial charge < -0.3 is 4.74 Å². The number of ether oxygens (including phenoxy) is 1. The number of rotatable bonds is 2. The molecule has 0 amide bonds. The van der Waals surface area contributed by atoms with Gasteiger partial charge in [0.1, 0.15) is 5.60 Å². The first kappa shape index (κ1) is 11.4. The van der Waals surface area contributed by atoms with Gasteiger partial charge in [0, 0.05) is 11.5 Å². The van der Waals surface area contributed by atoms with Crippen molar-refractivity contribution in [3.8, 4) is 0 Å². The highest BCUT2D eigenvalue weighted by Crippen LogP contribution is 2.67. The van der Waals surface area contributed by atoms with Gasteiger partial charge in [-0.15, -0.1) is 0 Å². The van der Waals surface area contributed by atoms with Gasteiger partial charge in [-0.25, -0.2) is 4.79 Å². The smallest absolute Gasteiger partial charge is 0.330 e. The van der Waals surface area contributed by atoms with Gasteiger partial charge in [0.05, 0.1) is 0 Å². The summed E-state index contributed by atoms with van der Waals surface area (Å²) >= 11 is 0. The van der Waals surface area contributed by atoms with Crippen molar-refractivity contribution >= 4 is 5.97 Å². The van der Waals surface area contributed by atoms with Crippen LogP contribution < -0.4 is 0 Å². The molecule has 1 fully saturated rings. The van der Waals surface area contributed by atoms with Crippen LogP contribution >= 0.6 is 0 Å². The van der Waals surface area contributed by atoms with Crippen molar-refractivity contribution in [2.45, 2.75) is 39.7 Å². The number of allylic oxidation sites excluding steroid dienone is 1. The molecule has 2 bridgehead atoms. The minimum absolute atomic E-state index is 0.0800. The number of hydrogen-bond acceptors (Lipinski definition) is 2. The van der Waals surface area contributed by atoms with Crippen LogP contribution in [0.1, 0.15) is 34.1 Å². The fraction of sp³-hybridized carbons (Fsp3) is 0.643. The maximum atomic E-state index is 11.4. The number of hydrogen-bond donors (Lipinski definition) is 0. The van der Waals surface area contributed by atoms with Crippen LogP contribution in [0.25, 0.3) is 0 Å². The van der Waals surface area contributed by atoms with E-state index in [1.165, 1.54) is 6.08 Å². The summed E-state index contributed by atoms with van der Waals surface area (Å²) in [6.45, 7) is 12.2. The maximum Gasteiger partial charge on any atom is 0.330 e. The minimum Gasteiger partial charge on any atom is -0.455 e. The third kappa shape index (κ3) is 1.10. The standard InChI is InChI=1S/C14H20O2/c1-6-11(15)16-14(5)9-10-7-8-13(14,4)12(10,2)3/h6-8,10H,1,9H2,2-5H3. The fourth-order valence-electron chi connectivity index (χ4n) is 3.37. The van der Waals surface area contributed by atoms with Crippen molar-refractivity contribution in [1.29, 1.82) is 0 Å². The number of carbonyl (C=O) groups is 1. The molecule has 0 N–H and O–H groups in total. The SMILES string of the molecule is C=CC(=O)OC1(C)CC2C=CC1(C)C2(C)C. The van der Waals surface area contributed by atoms with E-state index in [-0.39, 0.29) is 16.8 Å².